The molecule has 0 heterocycles. The van der Waals surface area contributed by atoms with Crippen LogP contribution in [-0.2, 0) is 0 Å². The molecule has 34 heavy (non-hydrogen) atoms. The van der Waals surface area contributed by atoms with Crippen LogP contribution in [0, 0.1) is 5.92 Å². The van der Waals surface area contributed by atoms with Crippen molar-refractivity contribution in [2.24, 2.45) is 5.92 Å². The van der Waals surface area contributed by atoms with Crippen molar-refractivity contribution >= 4 is 0 Å². The van der Waals surface area contributed by atoms with Crippen LogP contribution < -0.4 is 0 Å². The van der Waals surface area contributed by atoms with Gasteiger partial charge < -0.3 is 61.3 Å². The molecule has 12 N–H and O–H groups in total. The van der Waals surface area contributed by atoms with Crippen LogP contribution in [0.2, 0.25) is 0 Å². The number of hydrogen-bond donors (Lipinski definition) is 12. The highest BCUT2D eigenvalue weighted by Crippen LogP contribution is 2.45. The highest BCUT2D eigenvalue weighted by molar-refractivity contribution is 5.07. The molecule has 7 unspecified atom stereocenters. The quantitative estimate of drug-likeness (QED) is 0.0726. The number of aliphatic hydroxyl groups is 12. The standard InChI is InChI=1S/C22H46O12/c23-5-1-16(28)9-15(10-17(29)2-6-24)22(34,13-19(31)4-8-26)21(33,12-20(32)14-27)11-18(30)3-7-25/h15-20,23-34H,1-14H2. The molecule has 12 heteroatoms. The Balaban J connectivity index is 6.58. The van der Waals surface area contributed by atoms with E-state index in [9.17, 15) is 61.3 Å². The smallest absolute Gasteiger partial charge is 0.0989 e. The molecule has 0 saturated carbocycles. The second-order valence-electron chi connectivity index (χ2n) is 9.24. The van der Waals surface area contributed by atoms with E-state index in [-0.39, 0.29) is 51.7 Å². The van der Waals surface area contributed by atoms with Gasteiger partial charge in [0, 0.05) is 45.7 Å². The van der Waals surface area contributed by atoms with Crippen LogP contribution in [0.25, 0.3) is 0 Å². The maximum Gasteiger partial charge on any atom is 0.0989 e. The van der Waals surface area contributed by atoms with Crippen molar-refractivity contribution in [1.82, 2.24) is 0 Å². The summed E-state index contributed by atoms with van der Waals surface area (Å²) in [6.07, 6.45) is -9.55. The summed E-state index contributed by atoms with van der Waals surface area (Å²) in [6, 6.07) is 0. The summed E-state index contributed by atoms with van der Waals surface area (Å²) < 4.78 is 0. The summed E-state index contributed by atoms with van der Waals surface area (Å²) in [5.74, 6) is -1.18. The van der Waals surface area contributed by atoms with Crippen LogP contribution in [0.3, 0.4) is 0 Å². The van der Waals surface area contributed by atoms with E-state index >= 15 is 0 Å². The van der Waals surface area contributed by atoms with Gasteiger partial charge in [0.05, 0.1) is 48.3 Å². The highest BCUT2D eigenvalue weighted by Gasteiger charge is 2.56. The molecule has 7 atom stereocenters. The van der Waals surface area contributed by atoms with Crippen molar-refractivity contribution in [3.63, 3.8) is 0 Å². The van der Waals surface area contributed by atoms with E-state index in [1.54, 1.807) is 0 Å². The summed E-state index contributed by atoms with van der Waals surface area (Å²) in [6.45, 7) is -2.46. The van der Waals surface area contributed by atoms with Gasteiger partial charge >= 0.3 is 0 Å². The third-order valence-corrected chi connectivity index (χ3v) is 6.35. The predicted octanol–water partition coefficient (Wildman–Crippen LogP) is -3.66. The second-order valence-corrected chi connectivity index (χ2v) is 9.24. The fourth-order valence-corrected chi connectivity index (χ4v) is 4.56. The number of rotatable bonds is 21. The van der Waals surface area contributed by atoms with E-state index in [0.717, 1.165) is 0 Å². The SMILES string of the molecule is OCCC(O)CC(CC(O)CCO)C(O)(CC(O)CCO)C(O)(CC(O)CO)CC(O)CCO. The molecule has 0 aromatic rings. The number of aliphatic hydroxyl groups excluding tert-OH is 10. The molecular weight excluding hydrogens is 456 g/mol. The minimum atomic E-state index is -2.39. The lowest BCUT2D eigenvalue weighted by Crippen LogP contribution is -2.63. The zero-order valence-corrected chi connectivity index (χ0v) is 19.7. The van der Waals surface area contributed by atoms with Gasteiger partial charge in [-0.25, -0.2) is 0 Å². The Morgan fingerprint density at radius 3 is 1.21 bits per heavy atom. The predicted molar refractivity (Wildman–Crippen MR) is 120 cm³/mol. The Morgan fingerprint density at radius 1 is 0.471 bits per heavy atom. The van der Waals surface area contributed by atoms with Crippen LogP contribution in [0.1, 0.15) is 57.8 Å². The first-order valence-electron chi connectivity index (χ1n) is 11.8. The normalized spacial score (nSPS) is 21.2. The maximum atomic E-state index is 12.0. The summed E-state index contributed by atoms with van der Waals surface area (Å²) in [7, 11) is 0. The van der Waals surface area contributed by atoms with Crippen LogP contribution in [0.5, 0.6) is 0 Å². The van der Waals surface area contributed by atoms with Crippen molar-refractivity contribution in [3.05, 3.63) is 0 Å². The molecule has 12 nitrogen and oxygen atoms in total. The van der Waals surface area contributed by atoms with E-state index in [4.69, 9.17) is 0 Å². The first-order chi connectivity index (χ1) is 15.9. The third-order valence-electron chi connectivity index (χ3n) is 6.35. The molecule has 0 aliphatic rings. The van der Waals surface area contributed by atoms with Crippen molar-refractivity contribution in [2.45, 2.75) is 99.5 Å². The monoisotopic (exact) mass is 502 g/mol. The van der Waals surface area contributed by atoms with Crippen LogP contribution in [0.15, 0.2) is 0 Å². The average Bonchev–Trinajstić information content (AvgIpc) is 2.73. The van der Waals surface area contributed by atoms with E-state index < -0.39 is 86.7 Å². The van der Waals surface area contributed by atoms with Gasteiger partial charge in [-0.1, -0.05) is 0 Å². The summed E-state index contributed by atoms with van der Waals surface area (Å²) in [5.41, 5.74) is -4.77. The number of hydrogen-bond acceptors (Lipinski definition) is 12. The molecule has 0 aliphatic carbocycles. The van der Waals surface area contributed by atoms with Crippen molar-refractivity contribution in [1.29, 1.82) is 0 Å². The van der Waals surface area contributed by atoms with Gasteiger partial charge in [0.2, 0.25) is 0 Å². The van der Waals surface area contributed by atoms with Crippen LogP contribution in [0.4, 0.5) is 0 Å². The molecule has 0 aromatic heterocycles. The van der Waals surface area contributed by atoms with Gasteiger partial charge in [-0.2, -0.15) is 0 Å². The molecule has 206 valence electrons. The molecule has 0 rings (SSSR count). The summed E-state index contributed by atoms with van der Waals surface area (Å²) in [5, 5.41) is 121. The third kappa shape index (κ3) is 11.1. The Kier molecular flexibility index (Phi) is 16.8. The fraction of sp³-hybridized carbons (Fsp3) is 1.00. The van der Waals surface area contributed by atoms with E-state index in [1.165, 1.54) is 0 Å². The molecule has 0 radical (unpaired) electrons. The zero-order chi connectivity index (χ0) is 26.4. The molecule has 0 aromatic carbocycles. The molecule has 0 fully saturated rings. The summed E-state index contributed by atoms with van der Waals surface area (Å²) >= 11 is 0. The van der Waals surface area contributed by atoms with Gasteiger partial charge in [-0.15, -0.1) is 0 Å². The Morgan fingerprint density at radius 2 is 0.824 bits per heavy atom. The molecule has 0 aliphatic heterocycles. The molecule has 0 spiro atoms. The first-order valence-corrected chi connectivity index (χ1v) is 11.8. The van der Waals surface area contributed by atoms with Crippen LogP contribution >= 0.6 is 0 Å². The lowest BCUT2D eigenvalue weighted by molar-refractivity contribution is -0.229. The lowest BCUT2D eigenvalue weighted by atomic mass is 9.63. The Bertz CT molecular complexity index is 498. The summed E-state index contributed by atoms with van der Waals surface area (Å²) in [4.78, 5) is 0. The fourth-order valence-electron chi connectivity index (χ4n) is 4.56. The lowest BCUT2D eigenvalue weighted by Gasteiger charge is -2.51. The average molecular weight is 503 g/mol. The van der Waals surface area contributed by atoms with Crippen LogP contribution in [-0.4, -0.2) is 136 Å². The van der Waals surface area contributed by atoms with E-state index in [0.29, 0.717) is 0 Å². The highest BCUT2D eigenvalue weighted by atomic mass is 16.4. The minimum absolute atomic E-state index is 0.0906. The van der Waals surface area contributed by atoms with Gasteiger partial charge in [0.25, 0.3) is 0 Å². The zero-order valence-electron chi connectivity index (χ0n) is 19.7. The first kappa shape index (κ1) is 33.5. The minimum Gasteiger partial charge on any atom is -0.396 e. The van der Waals surface area contributed by atoms with Crippen molar-refractivity contribution in [3.8, 4) is 0 Å². The molecular formula is C22H46O12. The largest absolute Gasteiger partial charge is 0.396 e. The van der Waals surface area contributed by atoms with Crippen molar-refractivity contribution in [2.75, 3.05) is 33.0 Å². The van der Waals surface area contributed by atoms with Gasteiger partial charge in [-0.3, -0.25) is 0 Å². The Labute approximate surface area is 200 Å². The topological polar surface area (TPSA) is 243 Å². The molecule has 0 bridgehead atoms. The Hall–Kier alpha value is -0.480. The molecule has 0 amide bonds. The van der Waals surface area contributed by atoms with Gasteiger partial charge in [0.15, 0.2) is 0 Å². The molecule has 0 saturated heterocycles. The van der Waals surface area contributed by atoms with Gasteiger partial charge in [-0.05, 0) is 44.4 Å². The van der Waals surface area contributed by atoms with Crippen molar-refractivity contribution < 1.29 is 61.3 Å². The van der Waals surface area contributed by atoms with E-state index in [1.807, 2.05) is 0 Å². The second kappa shape index (κ2) is 17.1. The van der Waals surface area contributed by atoms with E-state index in [2.05, 4.69) is 0 Å². The maximum absolute atomic E-state index is 12.0. The van der Waals surface area contributed by atoms with Gasteiger partial charge in [0.1, 0.15) is 0 Å².